The summed E-state index contributed by atoms with van der Waals surface area (Å²) >= 11 is 0. The number of carbonyl (C=O) groups excluding carboxylic acids is 2. The molecule has 0 fully saturated rings. The van der Waals surface area contributed by atoms with Crippen molar-refractivity contribution < 1.29 is 14.3 Å². The molecule has 3 aromatic rings. The van der Waals surface area contributed by atoms with Gasteiger partial charge in [-0.05, 0) is 11.6 Å². The van der Waals surface area contributed by atoms with Crippen molar-refractivity contribution in [1.29, 1.82) is 0 Å². The van der Waals surface area contributed by atoms with Crippen LogP contribution >= 0.6 is 0 Å². The van der Waals surface area contributed by atoms with Gasteiger partial charge in [0.1, 0.15) is 11.7 Å². The molecule has 2 aromatic heterocycles. The smallest absolute Gasteiger partial charge is 0.328 e. The first-order chi connectivity index (χ1) is 11.7. The van der Waals surface area contributed by atoms with Crippen LogP contribution in [0.1, 0.15) is 16.1 Å². The van der Waals surface area contributed by atoms with Gasteiger partial charge in [-0.1, -0.05) is 18.2 Å². The van der Waals surface area contributed by atoms with Crippen LogP contribution in [-0.4, -0.2) is 40.0 Å². The van der Waals surface area contributed by atoms with E-state index in [1.165, 1.54) is 25.7 Å². The van der Waals surface area contributed by atoms with Crippen LogP contribution in [-0.2, 0) is 16.0 Å². The maximum atomic E-state index is 12.2. The van der Waals surface area contributed by atoms with E-state index in [-0.39, 0.29) is 5.69 Å². The standard InChI is InChI=1S/C17H16N4O3/c1-24-17(23)14(21-16(22)15-10-18-6-7-19-15)8-11-9-20-13-5-3-2-4-12(11)13/h2-7,9-10,14,20H,8H2,1H3,(H,21,22)/t14-/m0/s1. The van der Waals surface area contributed by atoms with E-state index in [2.05, 4.69) is 20.3 Å². The highest BCUT2D eigenvalue weighted by atomic mass is 16.5. The highest BCUT2D eigenvalue weighted by Gasteiger charge is 2.24. The summed E-state index contributed by atoms with van der Waals surface area (Å²) in [5, 5.41) is 3.66. The van der Waals surface area contributed by atoms with Crippen molar-refractivity contribution in [2.24, 2.45) is 0 Å². The number of para-hydroxylation sites is 1. The van der Waals surface area contributed by atoms with Crippen molar-refractivity contribution in [3.63, 3.8) is 0 Å². The molecule has 1 atom stereocenters. The number of ether oxygens (including phenoxy) is 1. The first-order valence-electron chi connectivity index (χ1n) is 7.38. The molecule has 0 aliphatic heterocycles. The molecular weight excluding hydrogens is 308 g/mol. The molecule has 0 radical (unpaired) electrons. The van der Waals surface area contributed by atoms with Crippen LogP contribution in [0.2, 0.25) is 0 Å². The van der Waals surface area contributed by atoms with Gasteiger partial charge < -0.3 is 15.0 Å². The lowest BCUT2D eigenvalue weighted by Crippen LogP contribution is -2.43. The SMILES string of the molecule is COC(=O)[C@H](Cc1c[nH]c2ccccc12)NC(=O)c1cnccn1. The number of hydrogen-bond acceptors (Lipinski definition) is 5. The molecule has 1 aromatic carbocycles. The predicted molar refractivity (Wildman–Crippen MR) is 87.3 cm³/mol. The van der Waals surface area contributed by atoms with E-state index in [1.54, 1.807) is 0 Å². The minimum atomic E-state index is -0.816. The number of fused-ring (bicyclic) bond motifs is 1. The van der Waals surface area contributed by atoms with E-state index in [0.717, 1.165) is 16.5 Å². The predicted octanol–water partition coefficient (Wildman–Crippen LogP) is 1.47. The summed E-state index contributed by atoms with van der Waals surface area (Å²) in [6, 6.07) is 6.94. The molecule has 2 N–H and O–H groups in total. The van der Waals surface area contributed by atoms with Crippen LogP contribution < -0.4 is 5.32 Å². The Balaban J connectivity index is 1.82. The number of hydrogen-bond donors (Lipinski definition) is 2. The Morgan fingerprint density at radius 1 is 1.29 bits per heavy atom. The van der Waals surface area contributed by atoms with Crippen molar-refractivity contribution in [3.8, 4) is 0 Å². The van der Waals surface area contributed by atoms with E-state index in [1.807, 2.05) is 30.5 Å². The molecule has 7 heteroatoms. The Morgan fingerprint density at radius 3 is 2.88 bits per heavy atom. The average molecular weight is 324 g/mol. The summed E-state index contributed by atoms with van der Waals surface area (Å²) in [5.41, 5.74) is 2.03. The number of carbonyl (C=O) groups is 2. The molecule has 0 spiro atoms. The summed E-state index contributed by atoms with van der Waals surface area (Å²) < 4.78 is 4.81. The fourth-order valence-electron chi connectivity index (χ4n) is 2.50. The normalized spacial score (nSPS) is 11.9. The molecule has 0 unspecified atom stereocenters. The second-order valence-corrected chi connectivity index (χ2v) is 5.20. The van der Waals surface area contributed by atoms with Gasteiger partial charge in [-0.3, -0.25) is 9.78 Å². The molecule has 1 amide bonds. The number of nitrogens with one attached hydrogen (secondary N) is 2. The minimum Gasteiger partial charge on any atom is -0.467 e. The Kier molecular flexibility index (Phi) is 4.51. The first-order valence-corrected chi connectivity index (χ1v) is 7.38. The third kappa shape index (κ3) is 3.24. The Hall–Kier alpha value is -3.22. The third-order valence-corrected chi connectivity index (χ3v) is 3.69. The van der Waals surface area contributed by atoms with Gasteiger partial charge in [0.2, 0.25) is 0 Å². The van der Waals surface area contributed by atoms with Gasteiger partial charge in [-0.2, -0.15) is 0 Å². The molecule has 24 heavy (non-hydrogen) atoms. The van der Waals surface area contributed by atoms with E-state index in [4.69, 9.17) is 4.74 Å². The Labute approximate surface area is 138 Å². The zero-order valence-electron chi connectivity index (χ0n) is 13.0. The van der Waals surface area contributed by atoms with Crippen molar-refractivity contribution >= 4 is 22.8 Å². The minimum absolute atomic E-state index is 0.144. The maximum Gasteiger partial charge on any atom is 0.328 e. The highest BCUT2D eigenvalue weighted by Crippen LogP contribution is 2.19. The lowest BCUT2D eigenvalue weighted by Gasteiger charge is -2.16. The van der Waals surface area contributed by atoms with Gasteiger partial charge in [0.25, 0.3) is 5.91 Å². The van der Waals surface area contributed by atoms with Gasteiger partial charge in [-0.25, -0.2) is 9.78 Å². The fraction of sp³-hybridized carbons (Fsp3) is 0.176. The topological polar surface area (TPSA) is 97.0 Å². The molecule has 0 aliphatic rings. The molecule has 2 heterocycles. The lowest BCUT2D eigenvalue weighted by atomic mass is 10.0. The zero-order chi connectivity index (χ0) is 16.9. The molecular formula is C17H16N4O3. The van der Waals surface area contributed by atoms with E-state index in [9.17, 15) is 9.59 Å². The first kappa shape index (κ1) is 15.7. The van der Waals surface area contributed by atoms with Crippen LogP contribution in [0.3, 0.4) is 0 Å². The average Bonchev–Trinajstić information content (AvgIpc) is 3.04. The second kappa shape index (κ2) is 6.91. The Bertz CT molecular complexity index is 860. The van der Waals surface area contributed by atoms with Gasteiger partial charge in [-0.15, -0.1) is 0 Å². The summed E-state index contributed by atoms with van der Waals surface area (Å²) in [6.45, 7) is 0. The largest absolute Gasteiger partial charge is 0.467 e. The van der Waals surface area contributed by atoms with Crippen LogP contribution in [0.4, 0.5) is 0 Å². The van der Waals surface area contributed by atoms with Crippen molar-refractivity contribution in [2.75, 3.05) is 7.11 Å². The zero-order valence-corrected chi connectivity index (χ0v) is 13.0. The second-order valence-electron chi connectivity index (χ2n) is 5.20. The van der Waals surface area contributed by atoms with Crippen LogP contribution in [0, 0.1) is 0 Å². The number of methoxy groups -OCH3 is 1. The molecule has 122 valence electrons. The number of nitrogens with zero attached hydrogens (tertiary/aromatic N) is 2. The number of aromatic nitrogens is 3. The number of benzene rings is 1. The van der Waals surface area contributed by atoms with Crippen LogP contribution in [0.15, 0.2) is 49.1 Å². The van der Waals surface area contributed by atoms with E-state index in [0.29, 0.717) is 6.42 Å². The van der Waals surface area contributed by atoms with Gasteiger partial charge in [0.05, 0.1) is 13.3 Å². The number of esters is 1. The highest BCUT2D eigenvalue weighted by molar-refractivity contribution is 5.95. The molecule has 0 saturated carbocycles. The summed E-state index contributed by atoms with van der Waals surface area (Å²) in [7, 11) is 1.29. The van der Waals surface area contributed by atoms with Crippen LogP contribution in [0.25, 0.3) is 10.9 Å². The Morgan fingerprint density at radius 2 is 2.12 bits per heavy atom. The molecule has 0 bridgehead atoms. The van der Waals surface area contributed by atoms with E-state index >= 15 is 0 Å². The molecule has 3 rings (SSSR count). The molecule has 7 nitrogen and oxygen atoms in total. The fourth-order valence-corrected chi connectivity index (χ4v) is 2.50. The number of rotatable bonds is 5. The van der Waals surface area contributed by atoms with Gasteiger partial charge >= 0.3 is 5.97 Å². The monoisotopic (exact) mass is 324 g/mol. The lowest BCUT2D eigenvalue weighted by molar-refractivity contribution is -0.142. The van der Waals surface area contributed by atoms with Gasteiger partial charge in [0.15, 0.2) is 0 Å². The van der Waals surface area contributed by atoms with E-state index < -0.39 is 17.9 Å². The van der Waals surface area contributed by atoms with Crippen molar-refractivity contribution in [1.82, 2.24) is 20.3 Å². The summed E-state index contributed by atoms with van der Waals surface area (Å²) in [6.07, 6.45) is 6.37. The third-order valence-electron chi connectivity index (χ3n) is 3.69. The quantitative estimate of drug-likeness (QED) is 0.693. The maximum absolute atomic E-state index is 12.2. The van der Waals surface area contributed by atoms with Crippen LogP contribution in [0.5, 0.6) is 0 Å². The van der Waals surface area contributed by atoms with Gasteiger partial charge in [0, 0.05) is 35.9 Å². The number of amides is 1. The summed E-state index contributed by atoms with van der Waals surface area (Å²) in [4.78, 5) is 35.2. The molecule has 0 saturated heterocycles. The number of H-pyrrole nitrogens is 1. The van der Waals surface area contributed by atoms with Crippen molar-refractivity contribution in [2.45, 2.75) is 12.5 Å². The molecule has 0 aliphatic carbocycles. The number of aromatic amines is 1. The summed E-state index contributed by atoms with van der Waals surface area (Å²) in [5.74, 6) is -0.990. The van der Waals surface area contributed by atoms with Crippen molar-refractivity contribution in [3.05, 3.63) is 60.3 Å².